The molecule has 7 nitrogen and oxygen atoms in total. The Balaban J connectivity index is 1.25. The summed E-state index contributed by atoms with van der Waals surface area (Å²) in [6.45, 7) is 1.19. The van der Waals surface area contributed by atoms with Crippen molar-refractivity contribution in [2.75, 3.05) is 13.1 Å². The Bertz CT molecular complexity index is 1020. The standard InChI is InChI=1S/C27H32N4O3/c32-25(21-10-6-14-28-18-21)29-22-12-15-30(16-13-22)27(34)24-17-20-9-4-5-11-23(20)31(24)26(33)19-7-2-1-3-8-19/h1-3,6-8,10,14,18,20,22-24H,4-5,9,11-13,15-17H2,(H,29,32). The number of nitrogens with one attached hydrogen (secondary N) is 1. The van der Waals surface area contributed by atoms with Crippen LogP contribution in [0.25, 0.3) is 0 Å². The molecule has 0 spiro atoms. The highest BCUT2D eigenvalue weighted by molar-refractivity contribution is 5.98. The van der Waals surface area contributed by atoms with Gasteiger partial charge in [-0.05, 0) is 62.3 Å². The minimum atomic E-state index is -0.387. The van der Waals surface area contributed by atoms with Crippen molar-refractivity contribution in [2.24, 2.45) is 5.92 Å². The monoisotopic (exact) mass is 460 g/mol. The molecule has 3 amide bonds. The van der Waals surface area contributed by atoms with Crippen LogP contribution in [0, 0.1) is 5.92 Å². The molecule has 1 saturated carbocycles. The highest BCUT2D eigenvalue weighted by Crippen LogP contribution is 2.41. The van der Waals surface area contributed by atoms with Gasteiger partial charge in [0.15, 0.2) is 0 Å². The van der Waals surface area contributed by atoms with Crippen LogP contribution < -0.4 is 5.32 Å². The Morgan fingerprint density at radius 3 is 2.35 bits per heavy atom. The van der Waals surface area contributed by atoms with Crippen LogP contribution >= 0.6 is 0 Å². The van der Waals surface area contributed by atoms with Crippen molar-refractivity contribution in [1.29, 1.82) is 0 Å². The maximum absolute atomic E-state index is 13.7. The van der Waals surface area contributed by atoms with Crippen molar-refractivity contribution >= 4 is 17.7 Å². The van der Waals surface area contributed by atoms with Gasteiger partial charge in [-0.15, -0.1) is 0 Å². The quantitative estimate of drug-likeness (QED) is 0.759. The minimum absolute atomic E-state index is 0.0213. The molecule has 178 valence electrons. The first-order valence-electron chi connectivity index (χ1n) is 12.5. The summed E-state index contributed by atoms with van der Waals surface area (Å²) in [6.07, 6.45) is 9.76. The van der Waals surface area contributed by atoms with Crippen LogP contribution in [0.15, 0.2) is 54.9 Å². The van der Waals surface area contributed by atoms with Crippen molar-refractivity contribution in [3.8, 4) is 0 Å². The number of piperidine rings is 1. The summed E-state index contributed by atoms with van der Waals surface area (Å²) in [6, 6.07) is 12.7. The SMILES string of the molecule is O=C(NC1CCN(C(=O)C2CC3CCCCC3N2C(=O)c2ccccc2)CC1)c1cccnc1. The Morgan fingerprint density at radius 2 is 1.62 bits per heavy atom. The smallest absolute Gasteiger partial charge is 0.254 e. The van der Waals surface area contributed by atoms with Gasteiger partial charge in [0.2, 0.25) is 5.91 Å². The first kappa shape index (κ1) is 22.6. The van der Waals surface area contributed by atoms with E-state index in [1.807, 2.05) is 40.1 Å². The second-order valence-electron chi connectivity index (χ2n) is 9.76. The number of nitrogens with zero attached hydrogens (tertiary/aromatic N) is 3. The Hall–Kier alpha value is -3.22. The summed E-state index contributed by atoms with van der Waals surface area (Å²) in [4.78, 5) is 47.5. The van der Waals surface area contributed by atoms with Crippen LogP contribution in [0.2, 0.25) is 0 Å². The van der Waals surface area contributed by atoms with Crippen molar-refractivity contribution in [2.45, 2.75) is 63.1 Å². The number of pyridine rings is 1. The van der Waals surface area contributed by atoms with Gasteiger partial charge in [-0.25, -0.2) is 0 Å². The molecule has 0 radical (unpaired) electrons. The lowest BCUT2D eigenvalue weighted by Gasteiger charge is -2.37. The van der Waals surface area contributed by atoms with Gasteiger partial charge in [0, 0.05) is 43.1 Å². The van der Waals surface area contributed by atoms with Gasteiger partial charge in [-0.2, -0.15) is 0 Å². The molecule has 3 aliphatic rings. The number of hydrogen-bond donors (Lipinski definition) is 1. The number of fused-ring (bicyclic) bond motifs is 1. The highest BCUT2D eigenvalue weighted by atomic mass is 16.2. The molecule has 34 heavy (non-hydrogen) atoms. The highest BCUT2D eigenvalue weighted by Gasteiger charge is 2.48. The molecule has 2 aliphatic heterocycles. The number of carbonyl (C=O) groups excluding carboxylic acids is 3. The first-order valence-corrected chi connectivity index (χ1v) is 12.5. The Morgan fingerprint density at radius 1 is 0.882 bits per heavy atom. The van der Waals surface area contributed by atoms with E-state index in [-0.39, 0.29) is 35.8 Å². The molecular formula is C27H32N4O3. The molecule has 1 aliphatic carbocycles. The van der Waals surface area contributed by atoms with Crippen molar-refractivity contribution in [3.63, 3.8) is 0 Å². The fourth-order valence-electron chi connectivity index (χ4n) is 5.92. The number of likely N-dealkylation sites (tertiary alicyclic amines) is 2. The summed E-state index contributed by atoms with van der Waals surface area (Å²) >= 11 is 0. The van der Waals surface area contributed by atoms with Gasteiger partial charge < -0.3 is 15.1 Å². The van der Waals surface area contributed by atoms with E-state index in [1.54, 1.807) is 24.5 Å². The van der Waals surface area contributed by atoms with Crippen molar-refractivity contribution in [1.82, 2.24) is 20.1 Å². The van der Waals surface area contributed by atoms with E-state index in [9.17, 15) is 14.4 Å². The summed E-state index contributed by atoms with van der Waals surface area (Å²) in [5.41, 5.74) is 1.20. The van der Waals surface area contributed by atoms with E-state index >= 15 is 0 Å². The second-order valence-corrected chi connectivity index (χ2v) is 9.76. The Kier molecular flexibility index (Phi) is 6.61. The number of amides is 3. The third-order valence-electron chi connectivity index (χ3n) is 7.69. The number of hydrogen-bond acceptors (Lipinski definition) is 4. The van der Waals surface area contributed by atoms with Gasteiger partial charge in [0.1, 0.15) is 6.04 Å². The molecule has 1 aromatic heterocycles. The van der Waals surface area contributed by atoms with Crippen LogP contribution in [-0.4, -0.2) is 63.7 Å². The van der Waals surface area contributed by atoms with Crippen molar-refractivity contribution < 1.29 is 14.4 Å². The molecule has 1 aromatic carbocycles. The zero-order valence-corrected chi connectivity index (χ0v) is 19.4. The maximum atomic E-state index is 13.7. The van der Waals surface area contributed by atoms with Crippen LogP contribution in [-0.2, 0) is 4.79 Å². The van der Waals surface area contributed by atoms with Crippen LogP contribution in [0.4, 0.5) is 0 Å². The van der Waals surface area contributed by atoms with Gasteiger partial charge in [0.05, 0.1) is 5.56 Å². The minimum Gasteiger partial charge on any atom is -0.349 e. The molecule has 3 unspecified atom stereocenters. The molecule has 7 heteroatoms. The maximum Gasteiger partial charge on any atom is 0.254 e. The van der Waals surface area contributed by atoms with Crippen LogP contribution in [0.3, 0.4) is 0 Å². The summed E-state index contributed by atoms with van der Waals surface area (Å²) in [7, 11) is 0. The van der Waals surface area contributed by atoms with E-state index in [2.05, 4.69) is 10.3 Å². The fourth-order valence-corrected chi connectivity index (χ4v) is 5.92. The zero-order chi connectivity index (χ0) is 23.5. The second kappa shape index (κ2) is 9.95. The molecule has 1 N–H and O–H groups in total. The number of aromatic nitrogens is 1. The van der Waals surface area contributed by atoms with Crippen LogP contribution in [0.1, 0.15) is 65.7 Å². The van der Waals surface area contributed by atoms with E-state index in [4.69, 9.17) is 0 Å². The average molecular weight is 461 g/mol. The molecule has 3 fully saturated rings. The van der Waals surface area contributed by atoms with E-state index in [0.717, 1.165) is 25.7 Å². The first-order chi connectivity index (χ1) is 16.6. The number of benzene rings is 1. The molecule has 3 heterocycles. The topological polar surface area (TPSA) is 82.6 Å². The molecule has 3 atom stereocenters. The molecular weight excluding hydrogens is 428 g/mol. The average Bonchev–Trinajstić information content (AvgIpc) is 3.29. The fraction of sp³-hybridized carbons (Fsp3) is 0.481. The third-order valence-corrected chi connectivity index (χ3v) is 7.69. The zero-order valence-electron chi connectivity index (χ0n) is 19.4. The largest absolute Gasteiger partial charge is 0.349 e. The molecule has 2 saturated heterocycles. The Labute approximate surface area is 200 Å². The summed E-state index contributed by atoms with van der Waals surface area (Å²) in [5.74, 6) is 0.326. The number of carbonyl (C=O) groups is 3. The van der Waals surface area contributed by atoms with Crippen molar-refractivity contribution in [3.05, 3.63) is 66.0 Å². The number of rotatable bonds is 4. The van der Waals surface area contributed by atoms with E-state index in [0.29, 0.717) is 43.0 Å². The summed E-state index contributed by atoms with van der Waals surface area (Å²) in [5, 5.41) is 3.07. The third kappa shape index (κ3) is 4.56. The lowest BCUT2D eigenvalue weighted by molar-refractivity contribution is -0.136. The summed E-state index contributed by atoms with van der Waals surface area (Å²) < 4.78 is 0. The molecule has 5 rings (SSSR count). The van der Waals surface area contributed by atoms with Gasteiger partial charge in [-0.3, -0.25) is 19.4 Å². The van der Waals surface area contributed by atoms with Crippen LogP contribution in [0.5, 0.6) is 0 Å². The molecule has 0 bridgehead atoms. The van der Waals surface area contributed by atoms with Gasteiger partial charge in [-0.1, -0.05) is 31.0 Å². The predicted molar refractivity (Wildman–Crippen MR) is 128 cm³/mol. The lowest BCUT2D eigenvalue weighted by Crippen LogP contribution is -2.54. The van der Waals surface area contributed by atoms with Gasteiger partial charge in [0.25, 0.3) is 11.8 Å². The van der Waals surface area contributed by atoms with Gasteiger partial charge >= 0.3 is 0 Å². The lowest BCUT2D eigenvalue weighted by atomic mass is 9.84. The predicted octanol–water partition coefficient (Wildman–Crippen LogP) is 3.28. The van der Waals surface area contributed by atoms with E-state index < -0.39 is 0 Å². The normalized spacial score (nSPS) is 25.0. The molecule has 2 aromatic rings. The van der Waals surface area contributed by atoms with E-state index in [1.165, 1.54) is 6.42 Å².